The number of amides is 1. The van der Waals surface area contributed by atoms with Gasteiger partial charge in [-0.25, -0.2) is 9.59 Å². The molecular formula is C15H22N4O4. The number of guanidine groups is 1. The third-order valence-electron chi connectivity index (χ3n) is 3.18. The number of carboxylic acid groups (broad SMARTS) is 1. The Morgan fingerprint density at radius 1 is 1.30 bits per heavy atom. The van der Waals surface area contributed by atoms with E-state index in [9.17, 15) is 14.7 Å². The molecule has 1 rings (SSSR count). The highest BCUT2D eigenvalue weighted by Crippen LogP contribution is 2.09. The molecule has 1 aromatic carbocycles. The van der Waals surface area contributed by atoms with E-state index >= 15 is 0 Å². The third kappa shape index (κ3) is 6.68. The first-order valence-corrected chi connectivity index (χ1v) is 7.13. The van der Waals surface area contributed by atoms with Crippen LogP contribution in [0.15, 0.2) is 35.3 Å². The summed E-state index contributed by atoms with van der Waals surface area (Å²) >= 11 is 0. The molecule has 23 heavy (non-hydrogen) atoms. The number of nitrogens with two attached hydrogens (primary N) is 2. The average molecular weight is 322 g/mol. The van der Waals surface area contributed by atoms with E-state index in [1.165, 1.54) is 7.05 Å². The van der Waals surface area contributed by atoms with Gasteiger partial charge >= 0.3 is 12.1 Å². The fourth-order valence-corrected chi connectivity index (χ4v) is 1.92. The number of carbonyl (C=O) groups is 2. The van der Waals surface area contributed by atoms with Crippen LogP contribution in [0.3, 0.4) is 0 Å². The molecule has 0 heterocycles. The van der Waals surface area contributed by atoms with Crippen LogP contribution in [0.1, 0.15) is 18.4 Å². The normalized spacial score (nSPS) is 11.3. The number of aliphatic imine (C=N–C) groups is 1. The van der Waals surface area contributed by atoms with E-state index in [-0.39, 0.29) is 19.0 Å². The molecule has 0 saturated heterocycles. The maximum atomic E-state index is 12.0. The molecule has 5 N–H and O–H groups in total. The van der Waals surface area contributed by atoms with Gasteiger partial charge in [-0.2, -0.15) is 0 Å². The lowest BCUT2D eigenvalue weighted by Crippen LogP contribution is -2.42. The van der Waals surface area contributed by atoms with Crippen LogP contribution in [-0.2, 0) is 16.1 Å². The highest BCUT2D eigenvalue weighted by Gasteiger charge is 2.27. The van der Waals surface area contributed by atoms with Crippen molar-refractivity contribution in [2.24, 2.45) is 16.5 Å². The van der Waals surface area contributed by atoms with Crippen molar-refractivity contribution in [3.63, 3.8) is 0 Å². The van der Waals surface area contributed by atoms with Gasteiger partial charge in [-0.15, -0.1) is 0 Å². The van der Waals surface area contributed by atoms with E-state index in [1.807, 2.05) is 30.3 Å². The van der Waals surface area contributed by atoms with Gasteiger partial charge in [0.2, 0.25) is 0 Å². The number of ether oxygens (including phenoxy) is 1. The number of likely N-dealkylation sites (N-methyl/N-ethyl adjacent to an activating group) is 1. The second-order valence-electron chi connectivity index (χ2n) is 4.95. The van der Waals surface area contributed by atoms with Gasteiger partial charge < -0.3 is 21.3 Å². The summed E-state index contributed by atoms with van der Waals surface area (Å²) in [6.45, 7) is 0.392. The molecular weight excluding hydrogens is 300 g/mol. The summed E-state index contributed by atoms with van der Waals surface area (Å²) in [5.74, 6) is -1.15. The van der Waals surface area contributed by atoms with E-state index in [1.54, 1.807) is 0 Å². The van der Waals surface area contributed by atoms with Crippen LogP contribution in [0, 0.1) is 0 Å². The highest BCUT2D eigenvalue weighted by atomic mass is 16.6. The first-order valence-electron chi connectivity index (χ1n) is 7.13. The molecule has 1 amide bonds. The van der Waals surface area contributed by atoms with E-state index in [0.29, 0.717) is 13.0 Å². The molecule has 0 bridgehead atoms. The highest BCUT2D eigenvalue weighted by molar-refractivity contribution is 5.79. The number of carbonyl (C=O) groups excluding carboxylic acids is 1. The van der Waals surface area contributed by atoms with Crippen molar-refractivity contribution in [2.75, 3.05) is 13.6 Å². The maximum Gasteiger partial charge on any atom is 0.410 e. The second kappa shape index (κ2) is 9.29. The first kappa shape index (κ1) is 18.3. The Morgan fingerprint density at radius 2 is 1.96 bits per heavy atom. The van der Waals surface area contributed by atoms with Crippen LogP contribution in [0.5, 0.6) is 0 Å². The van der Waals surface area contributed by atoms with Crippen molar-refractivity contribution < 1.29 is 19.4 Å². The number of nitrogens with zero attached hydrogens (tertiary/aromatic N) is 2. The van der Waals surface area contributed by atoms with Crippen molar-refractivity contribution in [1.29, 1.82) is 0 Å². The molecule has 1 aromatic rings. The number of hydrogen-bond acceptors (Lipinski definition) is 4. The number of hydrogen-bond donors (Lipinski definition) is 3. The van der Waals surface area contributed by atoms with Gasteiger partial charge in [0.1, 0.15) is 12.6 Å². The van der Waals surface area contributed by atoms with Crippen LogP contribution in [0.2, 0.25) is 0 Å². The van der Waals surface area contributed by atoms with Crippen molar-refractivity contribution in [3.8, 4) is 0 Å². The van der Waals surface area contributed by atoms with Crippen molar-refractivity contribution in [1.82, 2.24) is 4.90 Å². The Labute approximate surface area is 134 Å². The molecule has 0 aliphatic rings. The SMILES string of the molecule is CN(C(=O)OCc1ccccc1)[C@H](CCCN=C(N)N)C(=O)O. The summed E-state index contributed by atoms with van der Waals surface area (Å²) in [4.78, 5) is 28.1. The van der Waals surface area contributed by atoms with E-state index in [4.69, 9.17) is 16.2 Å². The lowest BCUT2D eigenvalue weighted by Gasteiger charge is -2.24. The van der Waals surface area contributed by atoms with Crippen molar-refractivity contribution in [3.05, 3.63) is 35.9 Å². The van der Waals surface area contributed by atoms with Crippen molar-refractivity contribution >= 4 is 18.0 Å². The summed E-state index contributed by atoms with van der Waals surface area (Å²) in [6, 6.07) is 8.16. The summed E-state index contributed by atoms with van der Waals surface area (Å²) in [5, 5.41) is 9.25. The zero-order valence-corrected chi connectivity index (χ0v) is 13.0. The van der Waals surface area contributed by atoms with E-state index < -0.39 is 18.1 Å². The molecule has 1 atom stereocenters. The maximum absolute atomic E-state index is 12.0. The van der Waals surface area contributed by atoms with Gasteiger partial charge in [0.05, 0.1) is 0 Å². The molecule has 0 aliphatic heterocycles. The lowest BCUT2D eigenvalue weighted by atomic mass is 10.1. The molecule has 0 saturated carbocycles. The van der Waals surface area contributed by atoms with Crippen molar-refractivity contribution in [2.45, 2.75) is 25.5 Å². The first-order chi connectivity index (χ1) is 10.9. The second-order valence-corrected chi connectivity index (χ2v) is 4.95. The van der Waals surface area contributed by atoms with Crippen LogP contribution < -0.4 is 11.5 Å². The van der Waals surface area contributed by atoms with Gasteiger partial charge in [-0.1, -0.05) is 30.3 Å². The minimum atomic E-state index is -1.10. The number of aliphatic carboxylic acids is 1. The standard InChI is InChI=1S/C15H22N4O4/c1-19(12(13(20)21)8-5-9-18-14(16)17)15(22)23-10-11-6-3-2-4-7-11/h2-4,6-7,12H,5,8-10H2,1H3,(H,20,21)(H4,16,17,18)/t12-/m1/s1. The molecule has 0 radical (unpaired) electrons. The van der Waals surface area contributed by atoms with Gasteiger partial charge in [0, 0.05) is 13.6 Å². The molecule has 0 aliphatic carbocycles. The predicted molar refractivity (Wildman–Crippen MR) is 85.7 cm³/mol. The van der Waals surface area contributed by atoms with E-state index in [0.717, 1.165) is 10.5 Å². The Morgan fingerprint density at radius 3 is 2.52 bits per heavy atom. The summed E-state index contributed by atoms with van der Waals surface area (Å²) in [5.41, 5.74) is 11.2. The summed E-state index contributed by atoms with van der Waals surface area (Å²) < 4.78 is 5.12. The Kier molecular flexibility index (Phi) is 7.38. The third-order valence-corrected chi connectivity index (χ3v) is 3.18. The monoisotopic (exact) mass is 322 g/mol. The van der Waals surface area contributed by atoms with Crippen LogP contribution >= 0.6 is 0 Å². The zero-order chi connectivity index (χ0) is 17.2. The Balaban J connectivity index is 2.51. The largest absolute Gasteiger partial charge is 0.480 e. The minimum Gasteiger partial charge on any atom is -0.480 e. The zero-order valence-electron chi connectivity index (χ0n) is 13.0. The van der Waals surface area contributed by atoms with Gasteiger partial charge in [-0.3, -0.25) is 9.89 Å². The molecule has 0 unspecified atom stereocenters. The molecule has 8 nitrogen and oxygen atoms in total. The Hall–Kier alpha value is -2.77. The molecule has 0 spiro atoms. The predicted octanol–water partition coefficient (Wildman–Crippen LogP) is 0.762. The van der Waals surface area contributed by atoms with Gasteiger partial charge in [0.15, 0.2) is 5.96 Å². The smallest absolute Gasteiger partial charge is 0.410 e. The number of carboxylic acids is 1. The molecule has 126 valence electrons. The van der Waals surface area contributed by atoms with Crippen LogP contribution in [0.4, 0.5) is 4.79 Å². The number of benzene rings is 1. The number of rotatable bonds is 8. The lowest BCUT2D eigenvalue weighted by molar-refractivity contribution is -0.142. The Bertz CT molecular complexity index is 544. The van der Waals surface area contributed by atoms with Gasteiger partial charge in [-0.05, 0) is 18.4 Å². The quantitative estimate of drug-likeness (QED) is 0.368. The molecule has 8 heteroatoms. The average Bonchev–Trinajstić information content (AvgIpc) is 2.52. The summed E-state index contributed by atoms with van der Waals surface area (Å²) in [7, 11) is 1.40. The van der Waals surface area contributed by atoms with Crippen LogP contribution in [-0.4, -0.2) is 47.7 Å². The fraction of sp³-hybridized carbons (Fsp3) is 0.400. The minimum absolute atomic E-state index is 0.0486. The molecule has 0 fully saturated rings. The van der Waals surface area contributed by atoms with Crippen LogP contribution in [0.25, 0.3) is 0 Å². The molecule has 0 aromatic heterocycles. The van der Waals surface area contributed by atoms with Gasteiger partial charge in [0.25, 0.3) is 0 Å². The summed E-state index contributed by atoms with van der Waals surface area (Å²) in [6.07, 6.45) is -0.0306. The van der Waals surface area contributed by atoms with E-state index in [2.05, 4.69) is 4.99 Å². The fourth-order valence-electron chi connectivity index (χ4n) is 1.92. The topological polar surface area (TPSA) is 131 Å².